The van der Waals surface area contributed by atoms with Gasteiger partial charge in [0, 0.05) is 11.6 Å². The summed E-state index contributed by atoms with van der Waals surface area (Å²) in [4.78, 5) is 0. The third kappa shape index (κ3) is 1.38. The Kier molecular flexibility index (Phi) is 1.92. The second-order valence-corrected chi connectivity index (χ2v) is 4.89. The summed E-state index contributed by atoms with van der Waals surface area (Å²) < 4.78 is 0. The first-order chi connectivity index (χ1) is 5.59. The molecule has 2 heteroatoms. The maximum absolute atomic E-state index is 9.71. The molecule has 70 valence electrons. The van der Waals surface area contributed by atoms with E-state index in [2.05, 4.69) is 19.2 Å². The molecule has 3 fully saturated rings. The zero-order chi connectivity index (χ0) is 8.77. The SMILES string of the molecule is CC1NC2(C)CCC1C[C@H](O)C2. The van der Waals surface area contributed by atoms with Crippen molar-refractivity contribution in [2.75, 3.05) is 0 Å². The normalized spacial score (nSPS) is 53.8. The average molecular weight is 169 g/mol. The van der Waals surface area contributed by atoms with Gasteiger partial charge in [0.05, 0.1) is 6.10 Å². The van der Waals surface area contributed by atoms with Gasteiger partial charge >= 0.3 is 0 Å². The van der Waals surface area contributed by atoms with E-state index in [1.54, 1.807) is 0 Å². The molecule has 0 spiro atoms. The van der Waals surface area contributed by atoms with Crippen LogP contribution < -0.4 is 5.32 Å². The van der Waals surface area contributed by atoms with E-state index in [0.29, 0.717) is 12.0 Å². The van der Waals surface area contributed by atoms with Crippen LogP contribution in [0.25, 0.3) is 0 Å². The van der Waals surface area contributed by atoms with Gasteiger partial charge < -0.3 is 10.4 Å². The molecule has 1 saturated carbocycles. The summed E-state index contributed by atoms with van der Waals surface area (Å²) in [7, 11) is 0. The van der Waals surface area contributed by atoms with Gasteiger partial charge in [0.15, 0.2) is 0 Å². The summed E-state index contributed by atoms with van der Waals surface area (Å²) in [6.45, 7) is 4.49. The van der Waals surface area contributed by atoms with Crippen LogP contribution in [0.15, 0.2) is 0 Å². The number of fused-ring (bicyclic) bond motifs is 4. The maximum atomic E-state index is 9.71. The highest BCUT2D eigenvalue weighted by molar-refractivity contribution is 4.99. The van der Waals surface area contributed by atoms with Crippen LogP contribution in [0.4, 0.5) is 0 Å². The summed E-state index contributed by atoms with van der Waals surface area (Å²) in [5, 5.41) is 13.3. The predicted octanol–water partition coefficient (Wildman–Crippen LogP) is 1.29. The van der Waals surface area contributed by atoms with Gasteiger partial charge in [-0.1, -0.05) is 0 Å². The van der Waals surface area contributed by atoms with Crippen molar-refractivity contribution in [2.24, 2.45) is 5.92 Å². The smallest absolute Gasteiger partial charge is 0.0561 e. The quantitative estimate of drug-likeness (QED) is 0.572. The third-order valence-corrected chi connectivity index (χ3v) is 3.61. The molecule has 3 rings (SSSR count). The summed E-state index contributed by atoms with van der Waals surface area (Å²) in [6, 6.07) is 0.598. The van der Waals surface area contributed by atoms with Crippen molar-refractivity contribution in [3.63, 3.8) is 0 Å². The number of hydrogen-bond acceptors (Lipinski definition) is 2. The lowest BCUT2D eigenvalue weighted by Crippen LogP contribution is -2.52. The molecule has 2 bridgehead atoms. The molecule has 4 atom stereocenters. The molecular weight excluding hydrogens is 150 g/mol. The van der Waals surface area contributed by atoms with Gasteiger partial charge in [0.1, 0.15) is 0 Å². The van der Waals surface area contributed by atoms with Crippen LogP contribution in [0.3, 0.4) is 0 Å². The van der Waals surface area contributed by atoms with E-state index >= 15 is 0 Å². The van der Waals surface area contributed by atoms with E-state index in [1.165, 1.54) is 12.8 Å². The maximum Gasteiger partial charge on any atom is 0.0561 e. The summed E-state index contributed by atoms with van der Waals surface area (Å²) in [6.07, 6.45) is 4.40. The predicted molar refractivity (Wildman–Crippen MR) is 49.0 cm³/mol. The lowest BCUT2D eigenvalue weighted by molar-refractivity contribution is 0.134. The molecular formula is C10H19NO. The Morgan fingerprint density at radius 3 is 2.92 bits per heavy atom. The lowest BCUT2D eigenvalue weighted by Gasteiger charge is -2.39. The molecule has 0 aromatic carbocycles. The zero-order valence-electron chi connectivity index (χ0n) is 8.01. The van der Waals surface area contributed by atoms with Gasteiger partial charge in [-0.3, -0.25) is 0 Å². The highest BCUT2D eigenvalue weighted by atomic mass is 16.3. The minimum Gasteiger partial charge on any atom is -0.393 e. The summed E-state index contributed by atoms with van der Waals surface area (Å²) in [5.41, 5.74) is 0.214. The Hall–Kier alpha value is -0.0800. The van der Waals surface area contributed by atoms with Gasteiger partial charge in [-0.2, -0.15) is 0 Å². The highest BCUT2D eigenvalue weighted by Crippen LogP contribution is 2.37. The first-order valence-corrected chi connectivity index (χ1v) is 5.05. The van der Waals surface area contributed by atoms with Gasteiger partial charge in [-0.15, -0.1) is 0 Å². The van der Waals surface area contributed by atoms with E-state index in [-0.39, 0.29) is 11.6 Å². The highest BCUT2D eigenvalue weighted by Gasteiger charge is 2.40. The lowest BCUT2D eigenvalue weighted by atomic mass is 9.83. The van der Waals surface area contributed by atoms with Gasteiger partial charge in [0.25, 0.3) is 0 Å². The minimum atomic E-state index is -0.0695. The Balaban J connectivity index is 2.19. The Bertz CT molecular complexity index is 179. The third-order valence-electron chi connectivity index (χ3n) is 3.61. The van der Waals surface area contributed by atoms with Crippen LogP contribution in [-0.2, 0) is 0 Å². The number of aliphatic hydroxyl groups excluding tert-OH is 1. The van der Waals surface area contributed by atoms with Crippen molar-refractivity contribution >= 4 is 0 Å². The van der Waals surface area contributed by atoms with Crippen LogP contribution in [0.2, 0.25) is 0 Å². The van der Waals surface area contributed by atoms with E-state index in [9.17, 15) is 5.11 Å². The van der Waals surface area contributed by atoms with Crippen LogP contribution >= 0.6 is 0 Å². The molecule has 3 unspecified atom stereocenters. The van der Waals surface area contributed by atoms with E-state index in [4.69, 9.17) is 0 Å². The fraction of sp³-hybridized carbons (Fsp3) is 1.00. The Morgan fingerprint density at radius 2 is 2.25 bits per heavy atom. The van der Waals surface area contributed by atoms with Gasteiger partial charge in [-0.05, 0) is 45.4 Å². The average Bonchev–Trinajstić information content (AvgIpc) is 2.12. The molecule has 3 aliphatic rings. The number of hydrogen-bond donors (Lipinski definition) is 2. The standard InChI is InChI=1S/C10H19NO/c1-7-8-3-4-10(2,11-7)6-9(12)5-8/h7-9,11-12H,3-6H2,1-2H3/t7?,8?,9-,10?/m0/s1. The van der Waals surface area contributed by atoms with Gasteiger partial charge in [0.2, 0.25) is 0 Å². The van der Waals surface area contributed by atoms with Crippen LogP contribution in [0.5, 0.6) is 0 Å². The molecule has 2 saturated heterocycles. The summed E-state index contributed by atoms with van der Waals surface area (Å²) in [5.74, 6) is 0.704. The number of rotatable bonds is 0. The molecule has 2 nitrogen and oxygen atoms in total. The van der Waals surface area contributed by atoms with Crippen LogP contribution in [0.1, 0.15) is 39.5 Å². The van der Waals surface area contributed by atoms with E-state index < -0.39 is 0 Å². The number of aliphatic hydroxyl groups is 1. The van der Waals surface area contributed by atoms with Crippen molar-refractivity contribution in [3.8, 4) is 0 Å². The fourth-order valence-corrected chi connectivity index (χ4v) is 2.93. The van der Waals surface area contributed by atoms with E-state index in [0.717, 1.165) is 12.8 Å². The largest absolute Gasteiger partial charge is 0.393 e. The molecule has 0 radical (unpaired) electrons. The summed E-state index contributed by atoms with van der Waals surface area (Å²) >= 11 is 0. The Labute approximate surface area is 74.4 Å². The van der Waals surface area contributed by atoms with Crippen LogP contribution in [0, 0.1) is 5.92 Å². The molecule has 1 aliphatic carbocycles. The van der Waals surface area contributed by atoms with Crippen molar-refractivity contribution in [2.45, 2.75) is 57.2 Å². The Morgan fingerprint density at radius 1 is 1.50 bits per heavy atom. The number of nitrogens with one attached hydrogen (secondary N) is 1. The second kappa shape index (κ2) is 2.71. The van der Waals surface area contributed by atoms with Crippen molar-refractivity contribution in [3.05, 3.63) is 0 Å². The fourth-order valence-electron chi connectivity index (χ4n) is 2.93. The monoisotopic (exact) mass is 169 g/mol. The zero-order valence-corrected chi connectivity index (χ0v) is 8.01. The molecule has 0 aromatic rings. The van der Waals surface area contributed by atoms with Crippen molar-refractivity contribution in [1.82, 2.24) is 5.32 Å². The van der Waals surface area contributed by atoms with E-state index in [1.807, 2.05) is 0 Å². The van der Waals surface area contributed by atoms with Gasteiger partial charge in [-0.25, -0.2) is 0 Å². The van der Waals surface area contributed by atoms with Crippen LogP contribution in [-0.4, -0.2) is 22.8 Å². The molecule has 0 amide bonds. The minimum absolute atomic E-state index is 0.0695. The molecule has 2 heterocycles. The topological polar surface area (TPSA) is 32.3 Å². The molecule has 2 N–H and O–H groups in total. The number of piperidine rings is 1. The first-order valence-electron chi connectivity index (χ1n) is 5.05. The second-order valence-electron chi connectivity index (χ2n) is 4.89. The molecule has 2 aliphatic heterocycles. The molecule has 12 heavy (non-hydrogen) atoms. The van der Waals surface area contributed by atoms with Crippen molar-refractivity contribution < 1.29 is 5.11 Å². The van der Waals surface area contributed by atoms with Crippen molar-refractivity contribution in [1.29, 1.82) is 0 Å². The molecule has 0 aromatic heterocycles. The first kappa shape index (κ1) is 8.52.